The van der Waals surface area contributed by atoms with Crippen LogP contribution in [0.15, 0.2) is 17.5 Å². The van der Waals surface area contributed by atoms with Gasteiger partial charge in [0.15, 0.2) is 0 Å². The molecule has 16 heavy (non-hydrogen) atoms. The fourth-order valence-corrected chi connectivity index (χ4v) is 1.96. The third kappa shape index (κ3) is 6.23. The Hall–Kier alpha value is -0.420. The van der Waals surface area contributed by atoms with Crippen molar-refractivity contribution < 1.29 is 9.47 Å². The van der Waals surface area contributed by atoms with Gasteiger partial charge >= 0.3 is 0 Å². The van der Waals surface area contributed by atoms with Crippen LogP contribution in [-0.2, 0) is 16.0 Å². The number of hydrogen-bond donors (Lipinski definition) is 1. The van der Waals surface area contributed by atoms with Crippen LogP contribution >= 0.6 is 11.3 Å². The molecule has 4 heteroatoms. The zero-order chi connectivity index (χ0) is 11.6. The predicted octanol–water partition coefficient (Wildman–Crippen LogP) is 2.28. The summed E-state index contributed by atoms with van der Waals surface area (Å²) in [6, 6.07) is 4.21. The largest absolute Gasteiger partial charge is 0.379 e. The highest BCUT2D eigenvalue weighted by atomic mass is 32.1. The Morgan fingerprint density at radius 1 is 1.50 bits per heavy atom. The lowest BCUT2D eigenvalue weighted by molar-refractivity contribution is -0.00193. The maximum Gasteiger partial charge on any atom is 0.0781 e. The van der Waals surface area contributed by atoms with E-state index < -0.39 is 0 Å². The summed E-state index contributed by atoms with van der Waals surface area (Å²) < 4.78 is 10.8. The van der Waals surface area contributed by atoms with Gasteiger partial charge in [0.05, 0.1) is 19.3 Å². The first-order chi connectivity index (χ1) is 7.83. The molecule has 0 aliphatic rings. The van der Waals surface area contributed by atoms with Crippen LogP contribution in [0.1, 0.15) is 18.7 Å². The Balaban J connectivity index is 1.91. The van der Waals surface area contributed by atoms with E-state index in [4.69, 9.17) is 9.47 Å². The molecule has 0 amide bonds. The van der Waals surface area contributed by atoms with Crippen LogP contribution in [-0.4, -0.2) is 32.5 Å². The summed E-state index contributed by atoms with van der Waals surface area (Å²) in [7, 11) is 0. The molecule has 0 bridgehead atoms. The normalized spacial score (nSPS) is 12.9. The molecule has 0 aromatic carbocycles. The minimum atomic E-state index is 0.184. The van der Waals surface area contributed by atoms with Crippen LogP contribution in [0.5, 0.6) is 0 Å². The van der Waals surface area contributed by atoms with E-state index in [1.807, 2.05) is 13.8 Å². The van der Waals surface area contributed by atoms with Gasteiger partial charge in [-0.2, -0.15) is 0 Å². The molecule has 1 heterocycles. The summed E-state index contributed by atoms with van der Waals surface area (Å²) >= 11 is 1.78. The highest BCUT2D eigenvalue weighted by Crippen LogP contribution is 2.06. The van der Waals surface area contributed by atoms with Crippen LogP contribution in [0.3, 0.4) is 0 Å². The zero-order valence-corrected chi connectivity index (χ0v) is 10.9. The summed E-state index contributed by atoms with van der Waals surface area (Å²) in [6.07, 6.45) is 0.184. The molecule has 1 aromatic rings. The number of ether oxygens (including phenoxy) is 2. The number of hydrogen-bond acceptors (Lipinski definition) is 4. The van der Waals surface area contributed by atoms with Crippen molar-refractivity contribution in [2.75, 3.05) is 26.4 Å². The fraction of sp³-hybridized carbons (Fsp3) is 0.667. The highest BCUT2D eigenvalue weighted by molar-refractivity contribution is 7.09. The smallest absolute Gasteiger partial charge is 0.0781 e. The summed E-state index contributed by atoms with van der Waals surface area (Å²) in [6.45, 7) is 8.02. The van der Waals surface area contributed by atoms with Crippen LogP contribution in [0.4, 0.5) is 0 Å². The Morgan fingerprint density at radius 3 is 3.06 bits per heavy atom. The van der Waals surface area contributed by atoms with Gasteiger partial charge in [0.1, 0.15) is 0 Å². The zero-order valence-electron chi connectivity index (χ0n) is 10.1. The molecule has 1 aromatic heterocycles. The second kappa shape index (κ2) is 8.70. The summed E-state index contributed by atoms with van der Waals surface area (Å²) in [4.78, 5) is 1.36. The first-order valence-electron chi connectivity index (χ1n) is 5.75. The number of thiophene rings is 1. The minimum absolute atomic E-state index is 0.184. The quantitative estimate of drug-likeness (QED) is 0.675. The fourth-order valence-electron chi connectivity index (χ4n) is 1.29. The molecule has 0 fully saturated rings. The minimum Gasteiger partial charge on any atom is -0.379 e. The summed E-state index contributed by atoms with van der Waals surface area (Å²) in [5.41, 5.74) is 0. The van der Waals surface area contributed by atoms with Crippen molar-refractivity contribution in [2.45, 2.75) is 26.5 Å². The third-order valence-corrected chi connectivity index (χ3v) is 2.99. The monoisotopic (exact) mass is 243 g/mol. The molecule has 0 saturated carbocycles. The van der Waals surface area contributed by atoms with Crippen LogP contribution in [0.25, 0.3) is 0 Å². The van der Waals surface area contributed by atoms with Crippen molar-refractivity contribution >= 4 is 11.3 Å². The van der Waals surface area contributed by atoms with Crippen molar-refractivity contribution in [1.29, 1.82) is 0 Å². The van der Waals surface area contributed by atoms with Crippen molar-refractivity contribution in [1.82, 2.24) is 5.32 Å². The maximum atomic E-state index is 5.58. The molecular formula is C12H21NO2S. The Bertz CT molecular complexity index is 252. The third-order valence-electron chi connectivity index (χ3n) is 2.12. The molecule has 1 N–H and O–H groups in total. The molecule has 3 nitrogen and oxygen atoms in total. The molecular weight excluding hydrogens is 222 g/mol. The first-order valence-corrected chi connectivity index (χ1v) is 6.63. The molecule has 0 saturated heterocycles. The average Bonchev–Trinajstić information content (AvgIpc) is 2.79. The summed E-state index contributed by atoms with van der Waals surface area (Å²) in [5.74, 6) is 0. The lowest BCUT2D eigenvalue weighted by Crippen LogP contribution is -2.23. The van der Waals surface area contributed by atoms with Crippen LogP contribution in [0, 0.1) is 0 Å². The van der Waals surface area contributed by atoms with E-state index in [0.717, 1.165) is 26.3 Å². The standard InChI is InChI=1S/C12H21NO2S/c1-3-14-10-11(2)15-7-6-13-9-12-5-4-8-16-12/h4-5,8,11,13H,3,6-7,9-10H2,1-2H3. The van der Waals surface area contributed by atoms with Crippen molar-refractivity contribution in [3.05, 3.63) is 22.4 Å². The molecule has 0 aliphatic heterocycles. The van der Waals surface area contributed by atoms with Gasteiger partial charge in [0.25, 0.3) is 0 Å². The van der Waals surface area contributed by atoms with Crippen molar-refractivity contribution in [2.24, 2.45) is 0 Å². The SMILES string of the molecule is CCOCC(C)OCCNCc1cccs1. The van der Waals surface area contributed by atoms with E-state index in [0.29, 0.717) is 6.61 Å². The van der Waals surface area contributed by atoms with Gasteiger partial charge in [0, 0.05) is 24.6 Å². The van der Waals surface area contributed by atoms with Crippen LogP contribution < -0.4 is 5.32 Å². The molecule has 0 spiro atoms. The molecule has 1 unspecified atom stereocenters. The van der Waals surface area contributed by atoms with Gasteiger partial charge in [-0.15, -0.1) is 11.3 Å². The van der Waals surface area contributed by atoms with Gasteiger partial charge in [-0.3, -0.25) is 0 Å². The molecule has 0 aliphatic carbocycles. The first kappa shape index (κ1) is 13.6. The lowest BCUT2D eigenvalue weighted by atomic mass is 10.4. The van der Waals surface area contributed by atoms with E-state index in [1.165, 1.54) is 4.88 Å². The lowest BCUT2D eigenvalue weighted by Gasteiger charge is -2.12. The van der Waals surface area contributed by atoms with E-state index >= 15 is 0 Å². The van der Waals surface area contributed by atoms with Gasteiger partial charge in [0.2, 0.25) is 0 Å². The summed E-state index contributed by atoms with van der Waals surface area (Å²) in [5, 5.41) is 5.44. The van der Waals surface area contributed by atoms with Crippen LogP contribution in [0.2, 0.25) is 0 Å². The number of nitrogens with one attached hydrogen (secondary N) is 1. The number of rotatable bonds is 9. The maximum absolute atomic E-state index is 5.58. The molecule has 0 radical (unpaired) electrons. The van der Waals surface area contributed by atoms with Crippen molar-refractivity contribution in [3.8, 4) is 0 Å². The molecule has 1 atom stereocenters. The average molecular weight is 243 g/mol. The van der Waals surface area contributed by atoms with E-state index in [1.54, 1.807) is 11.3 Å². The van der Waals surface area contributed by atoms with Gasteiger partial charge in [-0.25, -0.2) is 0 Å². The van der Waals surface area contributed by atoms with E-state index in [9.17, 15) is 0 Å². The van der Waals surface area contributed by atoms with E-state index in [-0.39, 0.29) is 6.10 Å². The van der Waals surface area contributed by atoms with Gasteiger partial charge in [-0.1, -0.05) is 6.07 Å². The second-order valence-corrected chi connectivity index (χ2v) is 4.63. The topological polar surface area (TPSA) is 30.5 Å². The predicted molar refractivity (Wildman–Crippen MR) is 67.9 cm³/mol. The second-order valence-electron chi connectivity index (χ2n) is 3.60. The van der Waals surface area contributed by atoms with Crippen molar-refractivity contribution in [3.63, 3.8) is 0 Å². The van der Waals surface area contributed by atoms with Gasteiger partial charge in [-0.05, 0) is 25.3 Å². The molecule has 1 rings (SSSR count). The van der Waals surface area contributed by atoms with E-state index in [2.05, 4.69) is 22.8 Å². The Labute approximate surface area is 102 Å². The molecule has 92 valence electrons. The Morgan fingerprint density at radius 2 is 2.38 bits per heavy atom. The van der Waals surface area contributed by atoms with Gasteiger partial charge < -0.3 is 14.8 Å². The highest BCUT2D eigenvalue weighted by Gasteiger charge is 2.00. The Kier molecular flexibility index (Phi) is 7.42.